The van der Waals surface area contributed by atoms with Gasteiger partial charge in [0.1, 0.15) is 0 Å². The van der Waals surface area contributed by atoms with E-state index in [4.69, 9.17) is 0 Å². The Hall–Kier alpha value is -0.160. The van der Waals surface area contributed by atoms with Gasteiger partial charge < -0.3 is 15.1 Å². The summed E-state index contributed by atoms with van der Waals surface area (Å²) in [7, 11) is 4.13. The monoisotopic (exact) mass is 246 g/mol. The van der Waals surface area contributed by atoms with Gasteiger partial charge in [-0.05, 0) is 33.4 Å². The van der Waals surface area contributed by atoms with Crippen LogP contribution in [0.5, 0.6) is 0 Å². The maximum atomic E-state index is 9.48. The molecule has 0 aromatic heterocycles. The highest BCUT2D eigenvalue weighted by Gasteiger charge is 2.24. The molecule has 0 aliphatic rings. The molecule has 0 fully saturated rings. The molecule has 4 heteroatoms. The Morgan fingerprint density at radius 1 is 0.941 bits per heavy atom. The molecule has 0 aliphatic heterocycles. The molecule has 17 heavy (non-hydrogen) atoms. The van der Waals surface area contributed by atoms with Gasteiger partial charge >= 0.3 is 0 Å². The maximum Gasteiger partial charge on any atom is 0.0639 e. The van der Waals surface area contributed by atoms with E-state index in [1.54, 1.807) is 13.8 Å². The summed E-state index contributed by atoms with van der Waals surface area (Å²) in [4.78, 5) is 4.31. The molecule has 0 aliphatic carbocycles. The van der Waals surface area contributed by atoms with Crippen LogP contribution in [0.2, 0.25) is 0 Å². The van der Waals surface area contributed by atoms with Gasteiger partial charge in [-0.1, -0.05) is 13.8 Å². The molecule has 0 rings (SSSR count). The molecule has 2 atom stereocenters. The van der Waals surface area contributed by atoms with E-state index < -0.39 is 0 Å². The van der Waals surface area contributed by atoms with Gasteiger partial charge in [0.2, 0.25) is 0 Å². The van der Waals surface area contributed by atoms with Crippen molar-refractivity contribution in [3.63, 3.8) is 0 Å². The molecule has 0 saturated heterocycles. The number of hydrogen-bond acceptors (Lipinski definition) is 4. The fourth-order valence-corrected chi connectivity index (χ4v) is 2.46. The summed E-state index contributed by atoms with van der Waals surface area (Å²) in [6.07, 6.45) is -0.715. The third-order valence-corrected chi connectivity index (χ3v) is 2.44. The van der Waals surface area contributed by atoms with Crippen LogP contribution in [0, 0.1) is 5.41 Å². The second kappa shape index (κ2) is 7.31. The summed E-state index contributed by atoms with van der Waals surface area (Å²) in [6, 6.07) is 0. The highest BCUT2D eigenvalue weighted by molar-refractivity contribution is 4.78. The van der Waals surface area contributed by atoms with Crippen molar-refractivity contribution < 1.29 is 10.2 Å². The third-order valence-electron chi connectivity index (χ3n) is 2.44. The Morgan fingerprint density at radius 3 is 1.65 bits per heavy atom. The Balaban J connectivity index is 4.39. The summed E-state index contributed by atoms with van der Waals surface area (Å²) >= 11 is 0. The standard InChI is InChI=1S/C13H30N2O2/c1-11(16)7-15(8-12(2)17)10-13(3,4)9-14(5)6/h11-12,16-17H,7-10H2,1-6H3. The fraction of sp³-hybridized carbons (Fsp3) is 1.00. The molecule has 0 aromatic carbocycles. The molecule has 2 N–H and O–H groups in total. The van der Waals surface area contributed by atoms with Crippen LogP contribution in [-0.4, -0.2) is 72.5 Å². The zero-order valence-electron chi connectivity index (χ0n) is 12.3. The number of rotatable bonds is 8. The van der Waals surface area contributed by atoms with Crippen LogP contribution in [0.15, 0.2) is 0 Å². The van der Waals surface area contributed by atoms with Crippen LogP contribution in [0.3, 0.4) is 0 Å². The summed E-state index contributed by atoms with van der Waals surface area (Å²) in [5, 5.41) is 19.0. The van der Waals surface area contributed by atoms with Crippen LogP contribution >= 0.6 is 0 Å². The zero-order chi connectivity index (χ0) is 13.6. The number of aliphatic hydroxyl groups excluding tert-OH is 2. The summed E-state index contributed by atoms with van der Waals surface area (Å²) in [5.74, 6) is 0. The van der Waals surface area contributed by atoms with Crippen molar-refractivity contribution in [3.05, 3.63) is 0 Å². The quantitative estimate of drug-likeness (QED) is 0.660. The van der Waals surface area contributed by atoms with E-state index in [0.717, 1.165) is 13.1 Å². The minimum atomic E-state index is -0.357. The molecule has 2 unspecified atom stereocenters. The average Bonchev–Trinajstić information content (AvgIpc) is 1.95. The van der Waals surface area contributed by atoms with E-state index in [0.29, 0.717) is 13.1 Å². The topological polar surface area (TPSA) is 46.9 Å². The first-order valence-electron chi connectivity index (χ1n) is 6.35. The van der Waals surface area contributed by atoms with Crippen molar-refractivity contribution in [2.45, 2.75) is 39.9 Å². The minimum absolute atomic E-state index is 0.146. The largest absolute Gasteiger partial charge is 0.392 e. The first-order valence-corrected chi connectivity index (χ1v) is 6.35. The Labute approximate surface area is 106 Å². The third kappa shape index (κ3) is 9.53. The minimum Gasteiger partial charge on any atom is -0.392 e. The summed E-state index contributed by atoms with van der Waals surface area (Å²) in [6.45, 7) is 11.1. The molecular weight excluding hydrogens is 216 g/mol. The number of nitrogens with zero attached hydrogens (tertiary/aromatic N) is 2. The molecule has 0 amide bonds. The van der Waals surface area contributed by atoms with E-state index >= 15 is 0 Å². The van der Waals surface area contributed by atoms with Crippen LogP contribution in [0.25, 0.3) is 0 Å². The Morgan fingerprint density at radius 2 is 1.35 bits per heavy atom. The van der Waals surface area contributed by atoms with Gasteiger partial charge in [0.15, 0.2) is 0 Å². The van der Waals surface area contributed by atoms with Crippen molar-refractivity contribution in [1.82, 2.24) is 9.80 Å². The first-order chi connectivity index (χ1) is 7.62. The van der Waals surface area contributed by atoms with Crippen molar-refractivity contribution in [3.8, 4) is 0 Å². The van der Waals surface area contributed by atoms with Gasteiger partial charge in [-0.15, -0.1) is 0 Å². The van der Waals surface area contributed by atoms with Crippen molar-refractivity contribution in [1.29, 1.82) is 0 Å². The van der Waals surface area contributed by atoms with Crippen LogP contribution in [-0.2, 0) is 0 Å². The van der Waals surface area contributed by atoms with Gasteiger partial charge in [0, 0.05) is 26.2 Å². The molecule has 4 nitrogen and oxygen atoms in total. The molecule has 104 valence electrons. The summed E-state index contributed by atoms with van der Waals surface area (Å²) < 4.78 is 0. The van der Waals surface area contributed by atoms with Crippen molar-refractivity contribution >= 4 is 0 Å². The van der Waals surface area contributed by atoms with Gasteiger partial charge in [-0.2, -0.15) is 0 Å². The predicted molar refractivity (Wildman–Crippen MR) is 72.1 cm³/mol. The maximum absolute atomic E-state index is 9.48. The summed E-state index contributed by atoms with van der Waals surface area (Å²) in [5.41, 5.74) is 0.146. The van der Waals surface area contributed by atoms with Gasteiger partial charge in [0.25, 0.3) is 0 Å². The smallest absolute Gasteiger partial charge is 0.0639 e. The lowest BCUT2D eigenvalue weighted by atomic mass is 9.92. The van der Waals surface area contributed by atoms with E-state index in [9.17, 15) is 10.2 Å². The van der Waals surface area contributed by atoms with Crippen LogP contribution in [0.1, 0.15) is 27.7 Å². The molecule has 0 heterocycles. The van der Waals surface area contributed by atoms with Crippen LogP contribution in [0.4, 0.5) is 0 Å². The lowest BCUT2D eigenvalue weighted by Crippen LogP contribution is -2.45. The van der Waals surface area contributed by atoms with Gasteiger partial charge in [0.05, 0.1) is 12.2 Å². The number of aliphatic hydroxyl groups is 2. The van der Waals surface area contributed by atoms with E-state index in [1.807, 2.05) is 0 Å². The van der Waals surface area contributed by atoms with Gasteiger partial charge in [-0.3, -0.25) is 4.90 Å². The molecular formula is C13H30N2O2. The second-order valence-corrected chi connectivity index (χ2v) is 6.29. The van der Waals surface area contributed by atoms with Crippen LogP contribution < -0.4 is 0 Å². The Kier molecular flexibility index (Phi) is 7.24. The average molecular weight is 246 g/mol. The molecule has 0 bridgehead atoms. The normalized spacial score (nSPS) is 16.6. The highest BCUT2D eigenvalue weighted by Crippen LogP contribution is 2.18. The molecule has 0 saturated carbocycles. The van der Waals surface area contributed by atoms with E-state index in [1.165, 1.54) is 0 Å². The SMILES string of the molecule is CC(O)CN(CC(C)O)CC(C)(C)CN(C)C. The van der Waals surface area contributed by atoms with E-state index in [2.05, 4.69) is 37.7 Å². The lowest BCUT2D eigenvalue weighted by Gasteiger charge is -2.35. The van der Waals surface area contributed by atoms with Gasteiger partial charge in [-0.25, -0.2) is 0 Å². The van der Waals surface area contributed by atoms with E-state index in [-0.39, 0.29) is 17.6 Å². The van der Waals surface area contributed by atoms with Crippen molar-refractivity contribution in [2.75, 3.05) is 40.3 Å². The molecule has 0 radical (unpaired) electrons. The first kappa shape index (κ1) is 16.8. The molecule has 0 spiro atoms. The molecule has 0 aromatic rings. The lowest BCUT2D eigenvalue weighted by molar-refractivity contribution is 0.0542. The zero-order valence-corrected chi connectivity index (χ0v) is 12.3. The Bertz CT molecular complexity index is 194. The predicted octanol–water partition coefficient (Wildman–Crippen LogP) is 0.638. The number of hydrogen-bond donors (Lipinski definition) is 2. The fourth-order valence-electron chi connectivity index (χ4n) is 2.46. The highest BCUT2D eigenvalue weighted by atomic mass is 16.3. The second-order valence-electron chi connectivity index (χ2n) is 6.29. The van der Waals surface area contributed by atoms with Crippen molar-refractivity contribution in [2.24, 2.45) is 5.41 Å².